The van der Waals surface area contributed by atoms with E-state index in [1.165, 1.54) is 12.1 Å². The average molecular weight is 337 g/mol. The van der Waals surface area contributed by atoms with E-state index >= 15 is 0 Å². The van der Waals surface area contributed by atoms with Crippen LogP contribution in [0.3, 0.4) is 0 Å². The van der Waals surface area contributed by atoms with Gasteiger partial charge in [-0.25, -0.2) is 14.4 Å². The Bertz CT molecular complexity index is 588. The molecule has 1 aromatic carbocycles. The van der Waals surface area contributed by atoms with E-state index in [4.69, 9.17) is 14.6 Å². The number of carboxylic acid groups (broad SMARTS) is 1. The van der Waals surface area contributed by atoms with E-state index in [9.17, 15) is 14.4 Å². The molecule has 0 aromatic heterocycles. The number of rotatable bonds is 6. The van der Waals surface area contributed by atoms with Crippen LogP contribution < -0.4 is 5.32 Å². The molecule has 7 nitrogen and oxygen atoms in total. The fourth-order valence-corrected chi connectivity index (χ4v) is 1.91. The van der Waals surface area contributed by atoms with Gasteiger partial charge in [0.25, 0.3) is 0 Å². The first kappa shape index (κ1) is 19.5. The quantitative estimate of drug-likeness (QED) is 0.773. The van der Waals surface area contributed by atoms with Crippen LogP contribution in [0.2, 0.25) is 0 Å². The number of carboxylic acids is 1. The maximum atomic E-state index is 12.0. The lowest BCUT2D eigenvalue weighted by Crippen LogP contribution is -2.45. The zero-order chi connectivity index (χ0) is 18.3. The van der Waals surface area contributed by atoms with Crippen molar-refractivity contribution in [3.63, 3.8) is 0 Å². The Morgan fingerprint density at radius 3 is 2.21 bits per heavy atom. The predicted molar refractivity (Wildman–Crippen MR) is 86.9 cm³/mol. The van der Waals surface area contributed by atoms with Gasteiger partial charge in [0, 0.05) is 6.42 Å². The first-order valence-corrected chi connectivity index (χ1v) is 7.60. The fourth-order valence-electron chi connectivity index (χ4n) is 1.91. The van der Waals surface area contributed by atoms with Crippen molar-refractivity contribution in [1.29, 1.82) is 0 Å². The van der Waals surface area contributed by atoms with Crippen molar-refractivity contribution in [1.82, 2.24) is 5.32 Å². The van der Waals surface area contributed by atoms with E-state index in [-0.39, 0.29) is 18.6 Å². The summed E-state index contributed by atoms with van der Waals surface area (Å²) in [6.45, 7) is 7.01. The molecular weight excluding hydrogens is 314 g/mol. The molecule has 1 rings (SSSR count). The number of esters is 1. The van der Waals surface area contributed by atoms with Gasteiger partial charge >= 0.3 is 18.0 Å². The van der Waals surface area contributed by atoms with Crippen LogP contribution in [0, 0.1) is 0 Å². The molecule has 24 heavy (non-hydrogen) atoms. The summed E-state index contributed by atoms with van der Waals surface area (Å²) in [5, 5.41) is 11.4. The summed E-state index contributed by atoms with van der Waals surface area (Å²) in [5.41, 5.74) is 0.146. The summed E-state index contributed by atoms with van der Waals surface area (Å²) < 4.78 is 10.1. The molecule has 1 amide bonds. The Hall–Kier alpha value is -2.57. The number of benzene rings is 1. The van der Waals surface area contributed by atoms with Crippen LogP contribution in [-0.2, 0) is 20.7 Å². The van der Waals surface area contributed by atoms with Crippen molar-refractivity contribution < 1.29 is 29.0 Å². The minimum atomic E-state index is -1.03. The third kappa shape index (κ3) is 6.68. The zero-order valence-electron chi connectivity index (χ0n) is 14.3. The molecule has 1 atom stereocenters. The van der Waals surface area contributed by atoms with Crippen LogP contribution in [0.1, 0.15) is 43.6 Å². The summed E-state index contributed by atoms with van der Waals surface area (Å²) in [5.74, 6) is -1.61. The van der Waals surface area contributed by atoms with Crippen LogP contribution in [0.25, 0.3) is 0 Å². The Labute approximate surface area is 141 Å². The molecule has 0 spiro atoms. The van der Waals surface area contributed by atoms with Gasteiger partial charge in [-0.3, -0.25) is 0 Å². The normalized spacial score (nSPS) is 12.2. The summed E-state index contributed by atoms with van der Waals surface area (Å²) in [4.78, 5) is 34.8. The van der Waals surface area contributed by atoms with Gasteiger partial charge in [-0.05, 0) is 45.4 Å². The number of nitrogens with one attached hydrogen (secondary N) is 1. The van der Waals surface area contributed by atoms with Gasteiger partial charge in [-0.2, -0.15) is 0 Å². The van der Waals surface area contributed by atoms with E-state index in [1.807, 2.05) is 0 Å². The second-order valence-electron chi connectivity index (χ2n) is 6.16. The highest BCUT2D eigenvalue weighted by Gasteiger charge is 2.25. The molecule has 0 saturated heterocycles. The molecular formula is C17H23NO6. The van der Waals surface area contributed by atoms with Gasteiger partial charge in [0.05, 0.1) is 12.2 Å². The Morgan fingerprint density at radius 1 is 1.17 bits per heavy atom. The SMILES string of the molecule is CCOC(=O)[C@H](Cc1ccc(C(=O)O)cc1)NC(=O)OC(C)(C)C. The minimum absolute atomic E-state index is 0.145. The summed E-state index contributed by atoms with van der Waals surface area (Å²) in [7, 11) is 0. The fraction of sp³-hybridized carbons (Fsp3) is 0.471. The lowest BCUT2D eigenvalue weighted by atomic mass is 10.0. The second-order valence-corrected chi connectivity index (χ2v) is 6.16. The summed E-state index contributed by atoms with van der Waals surface area (Å²) >= 11 is 0. The highest BCUT2D eigenvalue weighted by molar-refractivity contribution is 5.87. The lowest BCUT2D eigenvalue weighted by Gasteiger charge is -2.23. The van der Waals surface area contributed by atoms with Crippen LogP contribution in [0.5, 0.6) is 0 Å². The smallest absolute Gasteiger partial charge is 0.408 e. The Kier molecular flexibility index (Phi) is 6.76. The molecule has 0 radical (unpaired) electrons. The van der Waals surface area contributed by atoms with E-state index in [0.717, 1.165) is 0 Å². The average Bonchev–Trinajstić information content (AvgIpc) is 2.45. The number of amides is 1. The Balaban J connectivity index is 2.84. The third-order valence-corrected chi connectivity index (χ3v) is 2.90. The van der Waals surface area contributed by atoms with Crippen molar-refractivity contribution in [2.24, 2.45) is 0 Å². The number of hydrogen-bond acceptors (Lipinski definition) is 5. The number of alkyl carbamates (subject to hydrolysis) is 1. The zero-order valence-corrected chi connectivity index (χ0v) is 14.3. The molecule has 0 bridgehead atoms. The van der Waals surface area contributed by atoms with Crippen LogP contribution in [0.4, 0.5) is 4.79 Å². The summed E-state index contributed by atoms with van der Waals surface area (Å²) in [6.07, 6.45) is -0.555. The highest BCUT2D eigenvalue weighted by atomic mass is 16.6. The molecule has 0 saturated carbocycles. The van der Waals surface area contributed by atoms with Gasteiger partial charge in [-0.1, -0.05) is 12.1 Å². The molecule has 132 valence electrons. The highest BCUT2D eigenvalue weighted by Crippen LogP contribution is 2.10. The lowest BCUT2D eigenvalue weighted by molar-refractivity contribution is -0.145. The molecule has 0 heterocycles. The first-order valence-electron chi connectivity index (χ1n) is 7.60. The van der Waals surface area contributed by atoms with E-state index in [1.54, 1.807) is 39.8 Å². The number of carbonyl (C=O) groups is 3. The second kappa shape index (κ2) is 8.33. The van der Waals surface area contributed by atoms with Crippen LogP contribution in [-0.4, -0.2) is 41.4 Å². The molecule has 2 N–H and O–H groups in total. The number of carbonyl (C=O) groups excluding carboxylic acids is 2. The van der Waals surface area contributed by atoms with Crippen molar-refractivity contribution in [2.45, 2.75) is 45.8 Å². The number of ether oxygens (including phenoxy) is 2. The third-order valence-electron chi connectivity index (χ3n) is 2.90. The number of aromatic carboxylic acids is 1. The van der Waals surface area contributed by atoms with Gasteiger partial charge in [0.15, 0.2) is 0 Å². The standard InChI is InChI=1S/C17H23NO6/c1-5-23-15(21)13(18-16(22)24-17(2,3)4)10-11-6-8-12(9-7-11)14(19)20/h6-9,13H,5,10H2,1-4H3,(H,18,22)(H,19,20)/t13-/m0/s1. The maximum Gasteiger partial charge on any atom is 0.408 e. The molecule has 0 aliphatic rings. The summed E-state index contributed by atoms with van der Waals surface area (Å²) in [6, 6.07) is 5.13. The number of hydrogen-bond donors (Lipinski definition) is 2. The predicted octanol–water partition coefficient (Wildman–Crippen LogP) is 2.38. The Morgan fingerprint density at radius 2 is 1.75 bits per heavy atom. The van der Waals surface area contributed by atoms with Crippen LogP contribution in [0.15, 0.2) is 24.3 Å². The maximum absolute atomic E-state index is 12.0. The molecule has 1 aromatic rings. The topological polar surface area (TPSA) is 102 Å². The molecule has 0 aliphatic carbocycles. The van der Waals surface area contributed by atoms with E-state index in [2.05, 4.69) is 5.32 Å². The molecule has 0 fully saturated rings. The van der Waals surface area contributed by atoms with Crippen molar-refractivity contribution in [3.8, 4) is 0 Å². The molecule has 0 unspecified atom stereocenters. The van der Waals surface area contributed by atoms with E-state index in [0.29, 0.717) is 5.56 Å². The molecule has 0 aliphatic heterocycles. The monoisotopic (exact) mass is 337 g/mol. The van der Waals surface area contributed by atoms with Gasteiger partial charge in [-0.15, -0.1) is 0 Å². The van der Waals surface area contributed by atoms with Crippen molar-refractivity contribution in [3.05, 3.63) is 35.4 Å². The van der Waals surface area contributed by atoms with Gasteiger partial charge in [0.1, 0.15) is 11.6 Å². The largest absolute Gasteiger partial charge is 0.478 e. The minimum Gasteiger partial charge on any atom is -0.478 e. The van der Waals surface area contributed by atoms with Crippen molar-refractivity contribution >= 4 is 18.0 Å². The first-order chi connectivity index (χ1) is 11.1. The van der Waals surface area contributed by atoms with Gasteiger partial charge in [0.2, 0.25) is 0 Å². The van der Waals surface area contributed by atoms with E-state index < -0.39 is 29.7 Å². The van der Waals surface area contributed by atoms with Gasteiger partial charge < -0.3 is 19.9 Å². The molecule has 7 heteroatoms. The van der Waals surface area contributed by atoms with Crippen molar-refractivity contribution in [2.75, 3.05) is 6.61 Å². The van der Waals surface area contributed by atoms with Crippen LogP contribution >= 0.6 is 0 Å².